The molecule has 0 fully saturated rings. The van der Waals surface area contributed by atoms with Crippen LogP contribution in [0.4, 0.5) is 40.8 Å². The fraction of sp³-hybridized carbons (Fsp3) is 0.385. The molecule has 0 spiro atoms. The van der Waals surface area contributed by atoms with E-state index in [9.17, 15) is 44.7 Å². The molecule has 15 heteroatoms. The normalized spacial score (nSPS) is 12.9. The highest BCUT2D eigenvalue weighted by atomic mass is 35.5. The summed E-state index contributed by atoms with van der Waals surface area (Å²) in [6.07, 6.45) is -15.0. The molecule has 6 nitrogen and oxygen atoms in total. The van der Waals surface area contributed by atoms with Gasteiger partial charge in [-0.3, -0.25) is 0 Å². The highest BCUT2D eigenvalue weighted by Crippen LogP contribution is 2.41. The van der Waals surface area contributed by atoms with E-state index >= 15 is 0 Å². The van der Waals surface area contributed by atoms with Crippen molar-refractivity contribution in [1.82, 2.24) is 4.98 Å². The van der Waals surface area contributed by atoms with E-state index in [4.69, 9.17) is 11.6 Å². The SMILES string of the molecule is COC(=O)c1c(C(F)F)nc(C(F)(F)F)c(C(=O)OC)c1N=C(Cl)C(F)(F)F. The van der Waals surface area contributed by atoms with Crippen molar-refractivity contribution in [3.8, 4) is 0 Å². The second kappa shape index (κ2) is 8.24. The van der Waals surface area contributed by atoms with E-state index in [0.717, 1.165) is 0 Å². The number of alkyl halides is 8. The Kier molecular flexibility index (Phi) is 6.93. The smallest absolute Gasteiger partial charge is 0.444 e. The van der Waals surface area contributed by atoms with Gasteiger partial charge < -0.3 is 9.47 Å². The van der Waals surface area contributed by atoms with Crippen LogP contribution in [0.1, 0.15) is 38.5 Å². The number of aromatic nitrogens is 1. The largest absolute Gasteiger partial charge is 0.465 e. The molecule has 0 atom stereocenters. The Hall–Kier alpha value is -2.51. The lowest BCUT2D eigenvalue weighted by Crippen LogP contribution is -2.23. The maximum Gasteiger partial charge on any atom is 0.444 e. The van der Waals surface area contributed by atoms with Gasteiger partial charge in [-0.1, -0.05) is 11.6 Å². The highest BCUT2D eigenvalue weighted by molar-refractivity contribution is 6.67. The lowest BCUT2D eigenvalue weighted by Gasteiger charge is -2.18. The van der Waals surface area contributed by atoms with Crippen molar-refractivity contribution in [2.24, 2.45) is 4.99 Å². The number of halogens is 9. The summed E-state index contributed by atoms with van der Waals surface area (Å²) < 4.78 is 112. The number of esters is 2. The topological polar surface area (TPSA) is 77.8 Å². The highest BCUT2D eigenvalue weighted by Gasteiger charge is 2.44. The van der Waals surface area contributed by atoms with Crippen molar-refractivity contribution in [2.75, 3.05) is 14.2 Å². The summed E-state index contributed by atoms with van der Waals surface area (Å²) in [5, 5.41) is -2.36. The summed E-state index contributed by atoms with van der Waals surface area (Å²) in [7, 11) is 1.13. The van der Waals surface area contributed by atoms with E-state index in [1.807, 2.05) is 0 Å². The van der Waals surface area contributed by atoms with E-state index in [1.54, 1.807) is 0 Å². The molecule has 0 bridgehead atoms. The van der Waals surface area contributed by atoms with Crippen molar-refractivity contribution in [2.45, 2.75) is 18.8 Å². The van der Waals surface area contributed by atoms with Crippen molar-refractivity contribution in [3.05, 3.63) is 22.5 Å². The molecule has 1 aromatic heterocycles. The van der Waals surface area contributed by atoms with Gasteiger partial charge in [-0.2, -0.15) is 26.3 Å². The number of rotatable bonds is 4. The molecule has 0 saturated heterocycles. The molecule has 0 radical (unpaired) electrons. The molecule has 0 aliphatic carbocycles. The molecule has 0 unspecified atom stereocenters. The second-order valence-electron chi connectivity index (χ2n) is 4.63. The molecule has 1 heterocycles. The molecule has 28 heavy (non-hydrogen) atoms. The number of pyridine rings is 1. The average molecular weight is 443 g/mol. The van der Waals surface area contributed by atoms with Crippen molar-refractivity contribution in [1.29, 1.82) is 0 Å². The van der Waals surface area contributed by atoms with Crippen molar-refractivity contribution in [3.63, 3.8) is 0 Å². The van der Waals surface area contributed by atoms with Gasteiger partial charge in [-0.05, 0) is 0 Å². The van der Waals surface area contributed by atoms with E-state index < -0.39 is 64.1 Å². The summed E-state index contributed by atoms with van der Waals surface area (Å²) in [4.78, 5) is 28.7. The number of carbonyl (C=O) groups excluding carboxylic acids is 2. The Morgan fingerprint density at radius 3 is 1.82 bits per heavy atom. The third-order valence-electron chi connectivity index (χ3n) is 2.90. The fourth-order valence-corrected chi connectivity index (χ4v) is 1.91. The molecular weight excluding hydrogens is 436 g/mol. The molecule has 156 valence electrons. The predicted octanol–water partition coefficient (Wildman–Crippen LogP) is 4.44. The minimum atomic E-state index is -5.61. The van der Waals surface area contributed by atoms with Crippen molar-refractivity contribution >= 4 is 34.4 Å². The standard InChI is InChI=1S/C13H7ClF8N2O4/c1-27-9(25)3-5(24-11(14)13(20,21)22)4(10(26)28-2)7(12(17,18)19)23-6(3)8(15)16/h8H,1-2H3. The van der Waals surface area contributed by atoms with Crippen LogP contribution in [0.25, 0.3) is 0 Å². The van der Waals surface area contributed by atoms with Gasteiger partial charge in [-0.15, -0.1) is 0 Å². The Morgan fingerprint density at radius 2 is 1.46 bits per heavy atom. The van der Waals surface area contributed by atoms with Crippen LogP contribution in [-0.4, -0.2) is 42.5 Å². The number of hydrogen-bond acceptors (Lipinski definition) is 6. The first-order valence-electron chi connectivity index (χ1n) is 6.58. The Labute approximate surface area is 155 Å². The third kappa shape index (κ3) is 4.85. The fourth-order valence-electron chi connectivity index (χ4n) is 1.83. The third-order valence-corrected chi connectivity index (χ3v) is 3.20. The molecule has 1 aromatic rings. The lowest BCUT2D eigenvalue weighted by atomic mass is 10.0. The average Bonchev–Trinajstić information content (AvgIpc) is 2.57. The van der Waals surface area contributed by atoms with Gasteiger partial charge in [-0.25, -0.2) is 28.3 Å². The second-order valence-corrected chi connectivity index (χ2v) is 4.98. The van der Waals surface area contributed by atoms with Gasteiger partial charge in [0.05, 0.1) is 19.9 Å². The molecule has 0 aliphatic heterocycles. The van der Waals surface area contributed by atoms with Crippen LogP contribution in [-0.2, 0) is 15.7 Å². The van der Waals surface area contributed by atoms with Gasteiger partial charge in [0, 0.05) is 0 Å². The minimum Gasteiger partial charge on any atom is -0.465 e. The van der Waals surface area contributed by atoms with Crippen LogP contribution in [0.5, 0.6) is 0 Å². The first-order chi connectivity index (χ1) is 12.7. The zero-order valence-corrected chi connectivity index (χ0v) is 14.3. The first kappa shape index (κ1) is 23.5. The number of aliphatic imine (C=N–C) groups is 1. The number of carbonyl (C=O) groups is 2. The molecule has 0 aromatic carbocycles. The molecule has 0 saturated carbocycles. The van der Waals surface area contributed by atoms with Crippen LogP contribution in [0.15, 0.2) is 4.99 Å². The summed E-state index contributed by atoms with van der Waals surface area (Å²) in [5.41, 5.74) is -9.50. The Morgan fingerprint density at radius 1 is 1.00 bits per heavy atom. The Bertz CT molecular complexity index is 820. The molecule has 1 rings (SSSR count). The zero-order valence-electron chi connectivity index (χ0n) is 13.5. The van der Waals surface area contributed by atoms with E-state index in [0.29, 0.717) is 14.2 Å². The molecule has 0 aliphatic rings. The number of ether oxygens (including phenoxy) is 2. The van der Waals surface area contributed by atoms with Crippen LogP contribution >= 0.6 is 11.6 Å². The van der Waals surface area contributed by atoms with Gasteiger partial charge in [0.1, 0.15) is 16.8 Å². The van der Waals surface area contributed by atoms with Crippen molar-refractivity contribution < 1.29 is 54.2 Å². The van der Waals surface area contributed by atoms with Crippen LogP contribution in [0.2, 0.25) is 0 Å². The monoisotopic (exact) mass is 442 g/mol. The number of nitrogens with zero attached hydrogens (tertiary/aromatic N) is 2. The summed E-state index contributed by atoms with van der Waals surface area (Å²) in [5.74, 6) is -3.80. The molecule has 0 N–H and O–H groups in total. The summed E-state index contributed by atoms with van der Waals surface area (Å²) in [6, 6.07) is 0. The van der Waals surface area contributed by atoms with Crippen LogP contribution in [0, 0.1) is 0 Å². The lowest BCUT2D eigenvalue weighted by molar-refractivity contribution is -0.142. The quantitative estimate of drug-likeness (QED) is 0.391. The summed E-state index contributed by atoms with van der Waals surface area (Å²) in [6.45, 7) is 0. The minimum absolute atomic E-state index is 0.542. The maximum absolute atomic E-state index is 13.2. The van der Waals surface area contributed by atoms with Gasteiger partial charge in [0.15, 0.2) is 5.69 Å². The van der Waals surface area contributed by atoms with Crippen LogP contribution < -0.4 is 0 Å². The first-order valence-corrected chi connectivity index (χ1v) is 6.95. The van der Waals surface area contributed by atoms with Gasteiger partial charge in [0.25, 0.3) is 6.43 Å². The van der Waals surface area contributed by atoms with E-state index in [-0.39, 0.29) is 0 Å². The van der Waals surface area contributed by atoms with Gasteiger partial charge >= 0.3 is 24.3 Å². The predicted molar refractivity (Wildman–Crippen MR) is 75.9 cm³/mol. The van der Waals surface area contributed by atoms with Crippen LogP contribution in [0.3, 0.4) is 0 Å². The van der Waals surface area contributed by atoms with E-state index in [2.05, 4.69) is 19.5 Å². The van der Waals surface area contributed by atoms with E-state index in [1.165, 1.54) is 0 Å². The number of hydrogen-bond donors (Lipinski definition) is 0. The molecular formula is C13H7ClF8N2O4. The Balaban J connectivity index is 4.26. The number of methoxy groups -OCH3 is 2. The zero-order chi connectivity index (χ0) is 22.0. The van der Waals surface area contributed by atoms with Gasteiger partial charge in [0.2, 0.25) is 5.17 Å². The summed E-state index contributed by atoms with van der Waals surface area (Å²) >= 11 is 4.86. The molecule has 0 amide bonds. The maximum atomic E-state index is 13.2.